The van der Waals surface area contributed by atoms with Crippen molar-refractivity contribution in [2.75, 3.05) is 21.2 Å². The Hall–Kier alpha value is -3.84. The topological polar surface area (TPSA) is 217 Å². The second kappa shape index (κ2) is 16.9. The minimum Gasteiger partial charge on any atom is -0.507 e. The van der Waals surface area contributed by atoms with Gasteiger partial charge in [0.05, 0.1) is 60.5 Å². The molecule has 322 valence electrons. The minimum atomic E-state index is -2.10. The summed E-state index contributed by atoms with van der Waals surface area (Å²) >= 11 is 0. The van der Waals surface area contributed by atoms with E-state index in [1.165, 1.54) is 31.2 Å². The number of methoxy groups -OCH3 is 1. The average Bonchev–Trinajstić information content (AvgIpc) is 3.16. The van der Waals surface area contributed by atoms with E-state index in [0.29, 0.717) is 25.7 Å². The number of benzene rings is 2. The van der Waals surface area contributed by atoms with Crippen molar-refractivity contribution < 1.29 is 72.8 Å². The fraction of sp³-hybridized carbons (Fsp3) is 0.628. The number of rotatable bonds is 10. The van der Waals surface area contributed by atoms with Crippen LogP contribution in [0.15, 0.2) is 24.3 Å². The van der Waals surface area contributed by atoms with Gasteiger partial charge in [0.15, 0.2) is 24.7 Å². The number of Topliss-reactive ketones (excluding diaryl/α,β-unsaturated/α-hetero) is 1. The van der Waals surface area contributed by atoms with Gasteiger partial charge in [-0.05, 0) is 72.3 Å². The van der Waals surface area contributed by atoms with Crippen LogP contribution in [-0.4, -0.2) is 137 Å². The zero-order chi connectivity index (χ0) is 42.7. The smallest absolute Gasteiger partial charge is 0.316 e. The summed E-state index contributed by atoms with van der Waals surface area (Å²) in [5.41, 5.74) is -3.18. The van der Waals surface area contributed by atoms with Gasteiger partial charge in [-0.15, -0.1) is 0 Å². The third kappa shape index (κ3) is 8.19. The molecule has 3 saturated heterocycles. The standard InChI is InChI=1S/C43H55NO15/c1-19(45)17-43(52)18-30(35-24(37(43)42(51)53-7)15-25-36(40(35)50)39(49)34-23(38(25)48)9-8-10-28(34)47)58-33-16-26(44(5)6)41(22(4)56-33)59-32-14-12-29(21(3)55-32)57-31-13-11-27(46)20(2)54-31/h8-10,15,20-22,26-27,29-33,37,41,46-47,50,52H,11-14,16-18H2,1-7H3/t20-,21-,22-,26-,27-,29+,30+,31-,32-,33+,37-,41+,43-/m1/s1. The molecule has 0 unspecified atom stereocenters. The lowest BCUT2D eigenvalue weighted by atomic mass is 9.66. The highest BCUT2D eigenvalue weighted by molar-refractivity contribution is 6.30. The Bertz CT molecular complexity index is 1970. The van der Waals surface area contributed by atoms with Gasteiger partial charge in [-0.2, -0.15) is 0 Å². The molecule has 16 heteroatoms. The number of ether oxygens (including phenoxy) is 7. The van der Waals surface area contributed by atoms with Crippen LogP contribution in [0.4, 0.5) is 0 Å². The molecular formula is C43H55NO15. The van der Waals surface area contributed by atoms with Gasteiger partial charge in [0.2, 0.25) is 5.78 Å². The Labute approximate surface area is 342 Å². The van der Waals surface area contributed by atoms with Gasteiger partial charge >= 0.3 is 5.97 Å². The molecule has 2 aromatic carbocycles. The van der Waals surface area contributed by atoms with Crippen molar-refractivity contribution in [2.45, 2.75) is 152 Å². The molecule has 3 aliphatic heterocycles. The fourth-order valence-electron chi connectivity index (χ4n) is 9.56. The Balaban J connectivity index is 1.15. The molecule has 5 aliphatic rings. The average molecular weight is 826 g/mol. The normalized spacial score (nSPS) is 35.8. The van der Waals surface area contributed by atoms with E-state index in [9.17, 15) is 39.6 Å². The zero-order valence-corrected chi connectivity index (χ0v) is 34.4. The monoisotopic (exact) mass is 825 g/mol. The van der Waals surface area contributed by atoms with Crippen molar-refractivity contribution in [3.05, 3.63) is 57.6 Å². The summed E-state index contributed by atoms with van der Waals surface area (Å²) in [7, 11) is 4.90. The van der Waals surface area contributed by atoms with E-state index in [4.69, 9.17) is 33.2 Å². The Morgan fingerprint density at radius 3 is 2.20 bits per heavy atom. The quantitative estimate of drug-likeness (QED) is 0.215. The maximum atomic E-state index is 14.0. The number of phenols is 2. The van der Waals surface area contributed by atoms with Crippen LogP contribution in [0.2, 0.25) is 0 Å². The van der Waals surface area contributed by atoms with Gasteiger partial charge in [0.1, 0.15) is 29.3 Å². The van der Waals surface area contributed by atoms with Crippen LogP contribution in [0.1, 0.15) is 128 Å². The molecule has 59 heavy (non-hydrogen) atoms. The number of hydrogen-bond donors (Lipinski definition) is 4. The number of aliphatic hydroxyl groups is 2. The van der Waals surface area contributed by atoms with Gasteiger partial charge in [0, 0.05) is 54.8 Å². The van der Waals surface area contributed by atoms with Crippen molar-refractivity contribution in [1.82, 2.24) is 4.90 Å². The number of aliphatic hydroxyl groups excluding tert-OH is 1. The molecule has 0 saturated carbocycles. The molecular weight excluding hydrogens is 770 g/mol. The molecule has 0 radical (unpaired) electrons. The molecule has 0 amide bonds. The van der Waals surface area contributed by atoms with Crippen molar-refractivity contribution in [3.63, 3.8) is 0 Å². The van der Waals surface area contributed by atoms with Gasteiger partial charge in [-0.1, -0.05) is 12.1 Å². The first-order chi connectivity index (χ1) is 27.9. The van der Waals surface area contributed by atoms with Crippen LogP contribution >= 0.6 is 0 Å². The van der Waals surface area contributed by atoms with Crippen LogP contribution < -0.4 is 0 Å². The Morgan fingerprint density at radius 2 is 1.54 bits per heavy atom. The van der Waals surface area contributed by atoms with Crippen LogP contribution in [0, 0.1) is 0 Å². The SMILES string of the molecule is COC(=O)[C@H]1c2cc3c(c(O)c2[C@@H](O[C@H]2C[C@@H](N(C)C)[C@@H](O[C@@H]4CC[C@H](O[C@@H]5CC[C@@H](O)[C@@H](C)O5)[C@@H](C)O4)[C@@H](C)O2)C[C@]1(O)CC(C)=O)C(=O)c1c(O)cccc1C3=O. The summed E-state index contributed by atoms with van der Waals surface area (Å²) in [6.07, 6.45) is -3.91. The second-order valence-electron chi connectivity index (χ2n) is 16.9. The van der Waals surface area contributed by atoms with Crippen LogP contribution in [0.5, 0.6) is 11.5 Å². The van der Waals surface area contributed by atoms with E-state index >= 15 is 0 Å². The first kappa shape index (κ1) is 43.3. The summed E-state index contributed by atoms with van der Waals surface area (Å²) in [6, 6.07) is 5.02. The van der Waals surface area contributed by atoms with Crippen molar-refractivity contribution in [3.8, 4) is 11.5 Å². The van der Waals surface area contributed by atoms with E-state index in [1.807, 2.05) is 39.8 Å². The second-order valence-corrected chi connectivity index (χ2v) is 16.9. The number of phenolic OH excluding ortho intramolecular Hbond substituents is 2. The van der Waals surface area contributed by atoms with Gasteiger partial charge < -0.3 is 58.5 Å². The number of aromatic hydroxyl groups is 2. The summed E-state index contributed by atoms with van der Waals surface area (Å²) in [5.74, 6) is -5.52. The number of fused-ring (bicyclic) bond motifs is 3. The van der Waals surface area contributed by atoms with E-state index in [0.717, 1.165) is 7.11 Å². The lowest BCUT2D eigenvalue weighted by molar-refractivity contribution is -0.314. The van der Waals surface area contributed by atoms with Crippen molar-refractivity contribution in [1.29, 1.82) is 0 Å². The molecule has 4 N–H and O–H groups in total. The molecule has 0 spiro atoms. The van der Waals surface area contributed by atoms with E-state index in [1.54, 1.807) is 0 Å². The Morgan fingerprint density at radius 1 is 0.864 bits per heavy atom. The van der Waals surface area contributed by atoms with Crippen LogP contribution in [-0.2, 0) is 42.7 Å². The number of carbonyl (C=O) groups is 4. The van der Waals surface area contributed by atoms with Gasteiger partial charge in [-0.3, -0.25) is 19.2 Å². The largest absolute Gasteiger partial charge is 0.507 e. The predicted octanol–water partition coefficient (Wildman–Crippen LogP) is 3.55. The molecule has 2 aromatic rings. The molecule has 0 bridgehead atoms. The third-order valence-corrected chi connectivity index (χ3v) is 12.5. The number of hydrogen-bond acceptors (Lipinski definition) is 16. The number of nitrogens with zero attached hydrogens (tertiary/aromatic N) is 1. The molecule has 2 aliphatic carbocycles. The van der Waals surface area contributed by atoms with E-state index in [2.05, 4.69) is 0 Å². The Kier molecular flexibility index (Phi) is 12.4. The van der Waals surface area contributed by atoms with Gasteiger partial charge in [0.25, 0.3) is 0 Å². The van der Waals surface area contributed by atoms with E-state index in [-0.39, 0.29) is 70.6 Å². The first-order valence-corrected chi connectivity index (χ1v) is 20.3. The highest BCUT2D eigenvalue weighted by Crippen LogP contribution is 2.54. The highest BCUT2D eigenvalue weighted by Gasteiger charge is 2.54. The number of likely N-dealkylation sites (N-methyl/N-ethyl adjacent to an activating group) is 1. The third-order valence-electron chi connectivity index (χ3n) is 12.5. The minimum absolute atomic E-state index is 0.0416. The van der Waals surface area contributed by atoms with Crippen molar-refractivity contribution in [2.24, 2.45) is 0 Å². The molecule has 3 heterocycles. The molecule has 16 nitrogen and oxygen atoms in total. The fourth-order valence-corrected chi connectivity index (χ4v) is 9.56. The molecule has 7 rings (SSSR count). The van der Waals surface area contributed by atoms with Crippen LogP contribution in [0.3, 0.4) is 0 Å². The van der Waals surface area contributed by atoms with E-state index < -0.39 is 96.0 Å². The molecule has 3 fully saturated rings. The summed E-state index contributed by atoms with van der Waals surface area (Å²) < 4.78 is 43.2. The van der Waals surface area contributed by atoms with Crippen LogP contribution in [0.25, 0.3) is 0 Å². The summed E-state index contributed by atoms with van der Waals surface area (Å²) in [6.45, 7) is 6.85. The lowest BCUT2D eigenvalue weighted by Crippen LogP contribution is -2.57. The zero-order valence-electron chi connectivity index (χ0n) is 34.4. The number of carbonyl (C=O) groups excluding carboxylic acids is 4. The molecule has 0 aromatic heterocycles. The maximum absolute atomic E-state index is 14.0. The summed E-state index contributed by atoms with van der Waals surface area (Å²) in [5, 5.41) is 44.9. The maximum Gasteiger partial charge on any atom is 0.316 e. The van der Waals surface area contributed by atoms with Gasteiger partial charge in [-0.25, -0.2) is 0 Å². The highest BCUT2D eigenvalue weighted by atomic mass is 16.7. The lowest BCUT2D eigenvalue weighted by Gasteiger charge is -2.48. The molecule has 13 atom stereocenters. The summed E-state index contributed by atoms with van der Waals surface area (Å²) in [4.78, 5) is 56.0. The van der Waals surface area contributed by atoms with Crippen molar-refractivity contribution >= 4 is 23.3 Å². The first-order valence-electron chi connectivity index (χ1n) is 20.3. The predicted molar refractivity (Wildman–Crippen MR) is 206 cm³/mol. The number of ketones is 3. The number of esters is 1.